The molecular weight excluding hydrogens is 280 g/mol. The van der Waals surface area contributed by atoms with E-state index in [-0.39, 0.29) is 0 Å². The van der Waals surface area contributed by atoms with Gasteiger partial charge >= 0.3 is 0 Å². The molecule has 0 saturated carbocycles. The van der Waals surface area contributed by atoms with Crippen LogP contribution in [-0.4, -0.2) is 16.9 Å². The zero-order valence-corrected chi connectivity index (χ0v) is 12.2. The smallest absolute Gasteiger partial charge is 0.104 e. The fourth-order valence-electron chi connectivity index (χ4n) is 1.87. The van der Waals surface area contributed by atoms with Gasteiger partial charge in [0.2, 0.25) is 0 Å². The molecule has 3 nitrogen and oxygen atoms in total. The molecule has 0 aliphatic carbocycles. The highest BCUT2D eigenvalue weighted by Crippen LogP contribution is 2.20. The molecule has 0 fully saturated rings. The largest absolute Gasteiger partial charge is 0.472 e. The van der Waals surface area contributed by atoms with Crippen LogP contribution >= 0.6 is 23.8 Å². The molecule has 1 heterocycles. The molecule has 0 aliphatic rings. The summed E-state index contributed by atoms with van der Waals surface area (Å²) in [5.74, 6) is 0. The number of rotatable bonds is 5. The number of nitrogens with two attached hydrogens (primary N) is 1. The summed E-state index contributed by atoms with van der Waals surface area (Å²) in [5.41, 5.74) is 8.56. The van der Waals surface area contributed by atoms with Crippen LogP contribution in [0.2, 0.25) is 5.02 Å². The Morgan fingerprint density at radius 1 is 1.37 bits per heavy atom. The van der Waals surface area contributed by atoms with Crippen LogP contribution in [0.3, 0.4) is 0 Å². The first-order valence-electron chi connectivity index (χ1n) is 5.84. The van der Waals surface area contributed by atoms with Crippen molar-refractivity contribution >= 4 is 28.8 Å². The molecule has 0 aliphatic heterocycles. The summed E-state index contributed by atoms with van der Waals surface area (Å²) in [6.45, 7) is 1.56. The SMILES string of the molecule is CN(Cc1ccoc1)Cc1ccc(C(N)=S)cc1Cl. The van der Waals surface area contributed by atoms with Crippen molar-refractivity contribution in [2.75, 3.05) is 7.05 Å². The van der Waals surface area contributed by atoms with Crippen LogP contribution < -0.4 is 5.73 Å². The lowest BCUT2D eigenvalue weighted by atomic mass is 10.1. The molecule has 2 rings (SSSR count). The Kier molecular flexibility index (Phi) is 4.58. The van der Waals surface area contributed by atoms with E-state index in [9.17, 15) is 0 Å². The van der Waals surface area contributed by atoms with Crippen molar-refractivity contribution in [1.82, 2.24) is 4.90 Å². The van der Waals surface area contributed by atoms with Crippen LogP contribution in [0.15, 0.2) is 41.2 Å². The van der Waals surface area contributed by atoms with Gasteiger partial charge in [-0.15, -0.1) is 0 Å². The molecule has 0 saturated heterocycles. The van der Waals surface area contributed by atoms with Gasteiger partial charge in [0.05, 0.1) is 12.5 Å². The van der Waals surface area contributed by atoms with Gasteiger partial charge in [0.1, 0.15) is 4.99 Å². The summed E-state index contributed by atoms with van der Waals surface area (Å²) in [6, 6.07) is 7.62. The number of halogens is 1. The van der Waals surface area contributed by atoms with Crippen molar-refractivity contribution in [3.63, 3.8) is 0 Å². The Hall–Kier alpha value is -1.36. The van der Waals surface area contributed by atoms with Gasteiger partial charge in [0.25, 0.3) is 0 Å². The molecule has 1 aromatic carbocycles. The number of hydrogen-bond donors (Lipinski definition) is 1. The molecule has 2 aromatic rings. The third kappa shape index (κ3) is 3.80. The van der Waals surface area contributed by atoms with Crippen LogP contribution in [0.1, 0.15) is 16.7 Å². The maximum Gasteiger partial charge on any atom is 0.104 e. The fourth-order valence-corrected chi connectivity index (χ4v) is 2.24. The van der Waals surface area contributed by atoms with Gasteiger partial charge in [-0.25, -0.2) is 0 Å². The van der Waals surface area contributed by atoms with E-state index in [2.05, 4.69) is 4.90 Å². The van der Waals surface area contributed by atoms with E-state index >= 15 is 0 Å². The first-order chi connectivity index (χ1) is 9.06. The van der Waals surface area contributed by atoms with Crippen molar-refractivity contribution in [2.24, 2.45) is 5.73 Å². The third-order valence-corrected chi connectivity index (χ3v) is 3.40. The molecule has 19 heavy (non-hydrogen) atoms. The summed E-state index contributed by atoms with van der Waals surface area (Å²) < 4.78 is 5.05. The average Bonchev–Trinajstić information content (AvgIpc) is 2.84. The van der Waals surface area contributed by atoms with E-state index in [1.807, 2.05) is 31.3 Å². The lowest BCUT2D eigenvalue weighted by Gasteiger charge is -2.17. The lowest BCUT2D eigenvalue weighted by Crippen LogP contribution is -2.17. The molecule has 0 unspecified atom stereocenters. The van der Waals surface area contributed by atoms with E-state index in [4.69, 9.17) is 34.0 Å². The van der Waals surface area contributed by atoms with Crippen molar-refractivity contribution in [3.05, 3.63) is 58.5 Å². The number of nitrogens with zero attached hydrogens (tertiary/aromatic N) is 1. The number of furan rings is 1. The Bertz CT molecular complexity index is 569. The predicted molar refractivity (Wildman–Crippen MR) is 81.2 cm³/mol. The summed E-state index contributed by atoms with van der Waals surface area (Å²) >= 11 is 11.2. The van der Waals surface area contributed by atoms with Crippen molar-refractivity contribution in [2.45, 2.75) is 13.1 Å². The van der Waals surface area contributed by atoms with Gasteiger partial charge in [0.15, 0.2) is 0 Å². The zero-order chi connectivity index (χ0) is 13.8. The molecular formula is C14H15ClN2OS. The first kappa shape index (κ1) is 14.1. The molecule has 0 bridgehead atoms. The fraction of sp³-hybridized carbons (Fsp3) is 0.214. The first-order valence-corrected chi connectivity index (χ1v) is 6.62. The van der Waals surface area contributed by atoms with E-state index in [1.54, 1.807) is 12.5 Å². The van der Waals surface area contributed by atoms with Gasteiger partial charge < -0.3 is 10.2 Å². The van der Waals surface area contributed by atoms with Gasteiger partial charge in [-0.05, 0) is 24.7 Å². The summed E-state index contributed by atoms with van der Waals surface area (Å²) in [7, 11) is 2.03. The quantitative estimate of drug-likeness (QED) is 0.860. The van der Waals surface area contributed by atoms with Gasteiger partial charge in [-0.3, -0.25) is 4.90 Å². The minimum absolute atomic E-state index is 0.361. The maximum atomic E-state index is 6.24. The molecule has 0 amide bonds. The molecule has 5 heteroatoms. The lowest BCUT2D eigenvalue weighted by molar-refractivity contribution is 0.318. The second-order valence-corrected chi connectivity index (χ2v) is 5.32. The third-order valence-electron chi connectivity index (χ3n) is 2.81. The van der Waals surface area contributed by atoms with Crippen molar-refractivity contribution in [3.8, 4) is 0 Å². The molecule has 0 spiro atoms. The van der Waals surface area contributed by atoms with Crippen LogP contribution in [0.5, 0.6) is 0 Å². The van der Waals surface area contributed by atoms with Crippen molar-refractivity contribution < 1.29 is 4.42 Å². The average molecular weight is 295 g/mol. The van der Waals surface area contributed by atoms with E-state index < -0.39 is 0 Å². The molecule has 2 N–H and O–H groups in total. The molecule has 100 valence electrons. The van der Waals surface area contributed by atoms with Crippen molar-refractivity contribution in [1.29, 1.82) is 0 Å². The Morgan fingerprint density at radius 2 is 2.16 bits per heavy atom. The molecule has 1 aromatic heterocycles. The summed E-state index contributed by atoms with van der Waals surface area (Å²) in [5, 5.41) is 0.685. The van der Waals surface area contributed by atoms with E-state index in [0.717, 1.165) is 29.8 Å². The predicted octanol–water partition coefficient (Wildman–Crippen LogP) is 3.20. The Labute approximate surface area is 123 Å². The minimum Gasteiger partial charge on any atom is -0.472 e. The number of benzene rings is 1. The highest BCUT2D eigenvalue weighted by atomic mass is 35.5. The molecule has 0 radical (unpaired) electrons. The van der Waals surface area contributed by atoms with Crippen LogP contribution in [0.25, 0.3) is 0 Å². The highest BCUT2D eigenvalue weighted by molar-refractivity contribution is 7.80. The topological polar surface area (TPSA) is 42.4 Å². The number of hydrogen-bond acceptors (Lipinski definition) is 3. The maximum absolute atomic E-state index is 6.24. The van der Waals surface area contributed by atoms with E-state index in [1.165, 1.54) is 0 Å². The van der Waals surface area contributed by atoms with Gasteiger partial charge in [-0.1, -0.05) is 36.0 Å². The standard InChI is InChI=1S/C14H15ClN2OS/c1-17(7-10-4-5-18-9-10)8-12-3-2-11(14(16)19)6-13(12)15/h2-6,9H,7-8H2,1H3,(H2,16,19). The second-order valence-electron chi connectivity index (χ2n) is 4.47. The highest BCUT2D eigenvalue weighted by Gasteiger charge is 2.07. The second kappa shape index (κ2) is 6.19. The van der Waals surface area contributed by atoms with Gasteiger partial charge in [0, 0.05) is 29.2 Å². The van der Waals surface area contributed by atoms with Crippen LogP contribution in [0.4, 0.5) is 0 Å². The zero-order valence-electron chi connectivity index (χ0n) is 10.6. The Balaban J connectivity index is 2.04. The van der Waals surface area contributed by atoms with Crippen LogP contribution in [0, 0.1) is 0 Å². The van der Waals surface area contributed by atoms with Crippen LogP contribution in [-0.2, 0) is 13.1 Å². The monoisotopic (exact) mass is 294 g/mol. The molecule has 0 atom stereocenters. The van der Waals surface area contributed by atoms with Gasteiger partial charge in [-0.2, -0.15) is 0 Å². The Morgan fingerprint density at radius 3 is 2.74 bits per heavy atom. The summed E-state index contributed by atoms with van der Waals surface area (Å²) in [6.07, 6.45) is 3.42. The minimum atomic E-state index is 0.361. The normalized spacial score (nSPS) is 10.9. The summed E-state index contributed by atoms with van der Waals surface area (Å²) in [4.78, 5) is 2.52. The number of thiocarbonyl (C=S) groups is 1. The van der Waals surface area contributed by atoms with E-state index in [0.29, 0.717) is 10.0 Å².